The van der Waals surface area contributed by atoms with Crippen LogP contribution in [0.5, 0.6) is 0 Å². The molecule has 0 aliphatic carbocycles. The number of hydrogen-bond donors (Lipinski definition) is 0. The van der Waals surface area contributed by atoms with Gasteiger partial charge in [-0.25, -0.2) is 4.98 Å². The molecule has 0 spiro atoms. The molecule has 3 heterocycles. The molecule has 1 aliphatic rings. The molecule has 16 heavy (non-hydrogen) atoms. The van der Waals surface area contributed by atoms with Gasteiger partial charge < -0.3 is 8.98 Å². The summed E-state index contributed by atoms with van der Waals surface area (Å²) in [5.74, 6) is 1.96. The Hall–Kier alpha value is -1.22. The Morgan fingerprint density at radius 3 is 3.19 bits per heavy atom. The van der Waals surface area contributed by atoms with E-state index in [0.29, 0.717) is 5.15 Å². The third kappa shape index (κ3) is 1.65. The van der Waals surface area contributed by atoms with E-state index in [1.165, 1.54) is 18.5 Å². The molecule has 0 fully saturated rings. The zero-order valence-electron chi connectivity index (χ0n) is 8.95. The van der Waals surface area contributed by atoms with Gasteiger partial charge in [-0.3, -0.25) is 0 Å². The van der Waals surface area contributed by atoms with Crippen LogP contribution in [0.3, 0.4) is 0 Å². The predicted octanol–water partition coefficient (Wildman–Crippen LogP) is 3.06. The molecular formula is C12H13ClN2O. The normalized spacial score (nSPS) is 15.1. The smallest absolute Gasteiger partial charge is 0.150 e. The first-order valence-electron chi connectivity index (χ1n) is 5.61. The SMILES string of the molecule is Clc1nc(Cc2ccco2)n2c1CCCC2. The molecule has 0 saturated heterocycles. The van der Waals surface area contributed by atoms with E-state index in [1.807, 2.05) is 12.1 Å². The molecule has 84 valence electrons. The van der Waals surface area contributed by atoms with Gasteiger partial charge in [0.15, 0.2) is 5.15 Å². The van der Waals surface area contributed by atoms with Crippen LogP contribution in [0.15, 0.2) is 22.8 Å². The zero-order valence-corrected chi connectivity index (χ0v) is 9.70. The number of nitrogens with zero attached hydrogens (tertiary/aromatic N) is 2. The molecule has 0 saturated carbocycles. The van der Waals surface area contributed by atoms with Crippen LogP contribution in [0.4, 0.5) is 0 Å². The Morgan fingerprint density at radius 1 is 1.44 bits per heavy atom. The van der Waals surface area contributed by atoms with Gasteiger partial charge in [-0.05, 0) is 31.4 Å². The first-order valence-corrected chi connectivity index (χ1v) is 5.98. The minimum absolute atomic E-state index is 0.668. The van der Waals surface area contributed by atoms with Crippen LogP contribution in [0.25, 0.3) is 0 Å². The van der Waals surface area contributed by atoms with Gasteiger partial charge in [-0.2, -0.15) is 0 Å². The molecule has 0 radical (unpaired) electrons. The maximum Gasteiger partial charge on any atom is 0.150 e. The van der Waals surface area contributed by atoms with E-state index in [0.717, 1.165) is 31.0 Å². The molecule has 3 rings (SSSR count). The molecule has 0 amide bonds. The molecule has 3 nitrogen and oxygen atoms in total. The Morgan fingerprint density at radius 2 is 2.38 bits per heavy atom. The molecule has 2 aromatic heterocycles. The van der Waals surface area contributed by atoms with Crippen LogP contribution in [0, 0.1) is 0 Å². The first-order chi connectivity index (χ1) is 7.84. The topological polar surface area (TPSA) is 31.0 Å². The summed E-state index contributed by atoms with van der Waals surface area (Å²) in [6.45, 7) is 1.03. The average molecular weight is 237 g/mol. The van der Waals surface area contributed by atoms with Crippen LogP contribution in [-0.2, 0) is 19.4 Å². The first kappa shape index (κ1) is 9.97. The van der Waals surface area contributed by atoms with E-state index in [-0.39, 0.29) is 0 Å². The lowest BCUT2D eigenvalue weighted by atomic mass is 10.1. The fourth-order valence-electron chi connectivity index (χ4n) is 2.27. The van der Waals surface area contributed by atoms with Gasteiger partial charge in [0.2, 0.25) is 0 Å². The van der Waals surface area contributed by atoms with Crippen molar-refractivity contribution in [2.24, 2.45) is 0 Å². The molecule has 0 bridgehead atoms. The second-order valence-electron chi connectivity index (χ2n) is 4.13. The largest absolute Gasteiger partial charge is 0.469 e. The summed E-state index contributed by atoms with van der Waals surface area (Å²) in [6, 6.07) is 3.87. The van der Waals surface area contributed by atoms with E-state index in [9.17, 15) is 0 Å². The third-order valence-corrected chi connectivity index (χ3v) is 3.36. The van der Waals surface area contributed by atoms with Crippen molar-refractivity contribution in [3.63, 3.8) is 0 Å². The highest BCUT2D eigenvalue weighted by atomic mass is 35.5. The second kappa shape index (κ2) is 3.98. The van der Waals surface area contributed by atoms with Crippen LogP contribution >= 0.6 is 11.6 Å². The molecule has 2 aromatic rings. The molecular weight excluding hydrogens is 224 g/mol. The lowest BCUT2D eigenvalue weighted by Gasteiger charge is -2.16. The average Bonchev–Trinajstić information content (AvgIpc) is 2.90. The van der Waals surface area contributed by atoms with Crippen molar-refractivity contribution in [3.8, 4) is 0 Å². The molecule has 4 heteroatoms. The molecule has 0 atom stereocenters. The second-order valence-corrected chi connectivity index (χ2v) is 4.49. The summed E-state index contributed by atoms with van der Waals surface area (Å²) >= 11 is 6.14. The highest BCUT2D eigenvalue weighted by Gasteiger charge is 2.19. The van der Waals surface area contributed by atoms with Crippen LogP contribution in [0.2, 0.25) is 5.15 Å². The van der Waals surface area contributed by atoms with Gasteiger partial charge in [0.1, 0.15) is 11.6 Å². The Bertz CT molecular complexity index is 487. The standard InChI is InChI=1S/C12H13ClN2O/c13-12-10-5-1-2-6-15(10)11(14-12)8-9-4-3-7-16-9/h3-4,7H,1-2,5-6,8H2. The van der Waals surface area contributed by atoms with Gasteiger partial charge in [-0.15, -0.1) is 0 Å². The van der Waals surface area contributed by atoms with E-state index < -0.39 is 0 Å². The van der Waals surface area contributed by atoms with Crippen molar-refractivity contribution < 1.29 is 4.42 Å². The summed E-state index contributed by atoms with van der Waals surface area (Å²) in [5, 5.41) is 0.668. The molecule has 0 unspecified atom stereocenters. The molecule has 1 aliphatic heterocycles. The maximum atomic E-state index is 6.14. The minimum Gasteiger partial charge on any atom is -0.469 e. The van der Waals surface area contributed by atoms with Crippen molar-refractivity contribution in [3.05, 3.63) is 40.8 Å². The van der Waals surface area contributed by atoms with Gasteiger partial charge in [-0.1, -0.05) is 11.6 Å². The fourth-order valence-corrected chi connectivity index (χ4v) is 2.57. The van der Waals surface area contributed by atoms with E-state index in [4.69, 9.17) is 16.0 Å². The summed E-state index contributed by atoms with van der Waals surface area (Å²) in [6.07, 6.45) is 5.89. The number of halogens is 1. The van der Waals surface area contributed by atoms with E-state index in [2.05, 4.69) is 9.55 Å². The van der Waals surface area contributed by atoms with E-state index in [1.54, 1.807) is 6.26 Å². The Kier molecular flexibility index (Phi) is 2.48. The summed E-state index contributed by atoms with van der Waals surface area (Å²) < 4.78 is 7.59. The van der Waals surface area contributed by atoms with Crippen LogP contribution in [-0.4, -0.2) is 9.55 Å². The highest BCUT2D eigenvalue weighted by Crippen LogP contribution is 2.25. The lowest BCUT2D eigenvalue weighted by Crippen LogP contribution is -2.13. The quantitative estimate of drug-likeness (QED) is 0.803. The van der Waals surface area contributed by atoms with Crippen LogP contribution in [0.1, 0.15) is 30.1 Å². The lowest BCUT2D eigenvalue weighted by molar-refractivity contribution is 0.490. The van der Waals surface area contributed by atoms with E-state index >= 15 is 0 Å². The zero-order chi connectivity index (χ0) is 11.0. The van der Waals surface area contributed by atoms with Crippen molar-refractivity contribution in [1.29, 1.82) is 0 Å². The van der Waals surface area contributed by atoms with Gasteiger partial charge in [0.05, 0.1) is 18.4 Å². The van der Waals surface area contributed by atoms with Crippen molar-refractivity contribution >= 4 is 11.6 Å². The summed E-state index contributed by atoms with van der Waals surface area (Å²) in [5.41, 5.74) is 1.19. The molecule has 0 N–H and O–H groups in total. The number of hydrogen-bond acceptors (Lipinski definition) is 2. The van der Waals surface area contributed by atoms with Crippen molar-refractivity contribution in [2.45, 2.75) is 32.2 Å². The number of rotatable bonds is 2. The number of furan rings is 1. The maximum absolute atomic E-state index is 6.14. The molecule has 0 aromatic carbocycles. The van der Waals surface area contributed by atoms with Gasteiger partial charge in [0, 0.05) is 6.54 Å². The minimum atomic E-state index is 0.668. The summed E-state index contributed by atoms with van der Waals surface area (Å²) in [4.78, 5) is 4.44. The summed E-state index contributed by atoms with van der Waals surface area (Å²) in [7, 11) is 0. The number of aromatic nitrogens is 2. The predicted molar refractivity (Wildman–Crippen MR) is 61.7 cm³/mol. The Balaban J connectivity index is 1.95. The monoisotopic (exact) mass is 236 g/mol. The van der Waals surface area contributed by atoms with Crippen LogP contribution < -0.4 is 0 Å². The van der Waals surface area contributed by atoms with Crippen molar-refractivity contribution in [2.75, 3.05) is 0 Å². The van der Waals surface area contributed by atoms with Crippen molar-refractivity contribution in [1.82, 2.24) is 9.55 Å². The number of fused-ring (bicyclic) bond motifs is 1. The third-order valence-electron chi connectivity index (χ3n) is 3.06. The fraction of sp³-hybridized carbons (Fsp3) is 0.417. The van der Waals surface area contributed by atoms with Gasteiger partial charge in [0.25, 0.3) is 0 Å². The Labute approximate surface area is 99.0 Å². The number of imidazole rings is 1. The van der Waals surface area contributed by atoms with Gasteiger partial charge >= 0.3 is 0 Å². The highest BCUT2D eigenvalue weighted by molar-refractivity contribution is 6.30.